The van der Waals surface area contributed by atoms with Gasteiger partial charge in [-0.3, -0.25) is 0 Å². The van der Waals surface area contributed by atoms with Crippen LogP contribution in [0.4, 0.5) is 0 Å². The highest BCUT2D eigenvalue weighted by atomic mass is 14.4. The summed E-state index contributed by atoms with van der Waals surface area (Å²) in [6.45, 7) is 4.83. The molecule has 0 saturated heterocycles. The lowest BCUT2D eigenvalue weighted by atomic mass is 9.65. The van der Waals surface area contributed by atoms with Gasteiger partial charge >= 0.3 is 0 Å². The highest BCUT2D eigenvalue weighted by Gasteiger charge is 2.36. The minimum Gasteiger partial charge on any atom is -0.0795 e. The van der Waals surface area contributed by atoms with Crippen molar-refractivity contribution in [1.82, 2.24) is 0 Å². The van der Waals surface area contributed by atoms with Crippen molar-refractivity contribution in [3.05, 3.63) is 101 Å². The van der Waals surface area contributed by atoms with Crippen molar-refractivity contribution in [3.8, 4) is 11.1 Å². The van der Waals surface area contributed by atoms with Crippen molar-refractivity contribution >= 4 is 38.4 Å². The van der Waals surface area contributed by atoms with E-state index in [0.717, 1.165) is 6.42 Å². The summed E-state index contributed by atoms with van der Waals surface area (Å²) in [6, 6.07) is 27.4. The van der Waals surface area contributed by atoms with E-state index in [1.807, 2.05) is 0 Å². The van der Waals surface area contributed by atoms with Crippen molar-refractivity contribution in [1.29, 1.82) is 0 Å². The average Bonchev–Trinajstić information content (AvgIpc) is 2.77. The van der Waals surface area contributed by atoms with Crippen LogP contribution in [0.2, 0.25) is 0 Å². The molecular formula is C30H22. The topological polar surface area (TPSA) is 0 Å². The van der Waals surface area contributed by atoms with Crippen LogP contribution in [0.15, 0.2) is 78.9 Å². The maximum Gasteiger partial charge on any atom is 0.0165 e. The van der Waals surface area contributed by atoms with Gasteiger partial charge in [-0.25, -0.2) is 0 Å². The molecule has 5 aromatic rings. The Kier molecular flexibility index (Phi) is 2.96. The van der Waals surface area contributed by atoms with Crippen LogP contribution in [0.25, 0.3) is 49.5 Å². The molecule has 30 heavy (non-hydrogen) atoms. The zero-order chi connectivity index (χ0) is 20.0. The lowest BCUT2D eigenvalue weighted by Crippen LogP contribution is -2.25. The molecule has 0 fully saturated rings. The molecule has 2 aliphatic carbocycles. The van der Waals surface area contributed by atoms with Crippen LogP contribution in [0.3, 0.4) is 0 Å². The molecule has 5 aromatic carbocycles. The zero-order valence-corrected chi connectivity index (χ0v) is 17.3. The molecule has 0 bridgehead atoms. The van der Waals surface area contributed by atoms with Gasteiger partial charge in [-0.2, -0.15) is 0 Å². The molecule has 0 unspecified atom stereocenters. The van der Waals surface area contributed by atoms with E-state index in [9.17, 15) is 0 Å². The molecule has 142 valence electrons. The van der Waals surface area contributed by atoms with Crippen LogP contribution < -0.4 is 0 Å². The highest BCUT2D eigenvalue weighted by Crippen LogP contribution is 2.53. The summed E-state index contributed by atoms with van der Waals surface area (Å²) in [5, 5.41) is 8.29. The Morgan fingerprint density at radius 1 is 0.700 bits per heavy atom. The van der Waals surface area contributed by atoms with Gasteiger partial charge in [-0.05, 0) is 84.3 Å². The van der Waals surface area contributed by atoms with E-state index >= 15 is 0 Å². The van der Waals surface area contributed by atoms with Crippen molar-refractivity contribution < 1.29 is 0 Å². The fourth-order valence-electron chi connectivity index (χ4n) is 6.11. The van der Waals surface area contributed by atoms with E-state index in [-0.39, 0.29) is 5.41 Å². The Hall–Kier alpha value is -3.38. The summed E-state index contributed by atoms with van der Waals surface area (Å²) >= 11 is 0. The second-order valence-corrected chi connectivity index (χ2v) is 9.33. The normalized spacial score (nSPS) is 15.7. The lowest BCUT2D eigenvalue weighted by molar-refractivity contribution is 0.645. The van der Waals surface area contributed by atoms with Crippen LogP contribution in [-0.2, 0) is 11.8 Å². The predicted octanol–water partition coefficient (Wildman–Crippen LogP) is 8.02. The van der Waals surface area contributed by atoms with Crippen molar-refractivity contribution in [3.63, 3.8) is 0 Å². The van der Waals surface area contributed by atoms with E-state index < -0.39 is 0 Å². The standard InChI is InChI=1S/C30H22/c1-30(2)26-17-19-8-3-4-12-21(19)22-13-7-14-23(28(22)26)25-16-20-11-5-9-18-10-6-15-24(27(18)20)29(25)30/h3-9,11-17H,10H2,1-2H3. The molecule has 0 aliphatic heterocycles. The van der Waals surface area contributed by atoms with Gasteiger partial charge in [-0.15, -0.1) is 0 Å². The van der Waals surface area contributed by atoms with Gasteiger partial charge in [-0.1, -0.05) is 86.7 Å². The molecular weight excluding hydrogens is 360 g/mol. The molecule has 0 nitrogen and oxygen atoms in total. The predicted molar refractivity (Wildman–Crippen MR) is 129 cm³/mol. The lowest BCUT2D eigenvalue weighted by Gasteiger charge is -2.38. The first-order valence-corrected chi connectivity index (χ1v) is 10.9. The molecule has 0 heterocycles. The SMILES string of the molecule is CC1(C)c2c(cc3cccc4c3c2C=CC4)-c2cccc3c2c1cc1ccccc13. The molecule has 0 aromatic heterocycles. The molecule has 7 rings (SSSR count). The van der Waals surface area contributed by atoms with Crippen molar-refractivity contribution in [2.75, 3.05) is 0 Å². The van der Waals surface area contributed by atoms with Gasteiger partial charge in [0.2, 0.25) is 0 Å². The third-order valence-corrected chi connectivity index (χ3v) is 7.39. The van der Waals surface area contributed by atoms with Crippen LogP contribution in [0.5, 0.6) is 0 Å². The zero-order valence-electron chi connectivity index (χ0n) is 17.3. The quantitative estimate of drug-likeness (QED) is 0.238. The number of benzene rings is 5. The summed E-state index contributed by atoms with van der Waals surface area (Å²) in [7, 11) is 0. The second-order valence-electron chi connectivity index (χ2n) is 9.33. The minimum atomic E-state index is -0.0652. The number of hydrogen-bond donors (Lipinski definition) is 0. The van der Waals surface area contributed by atoms with Crippen LogP contribution in [0.1, 0.15) is 36.1 Å². The van der Waals surface area contributed by atoms with Gasteiger partial charge in [0.1, 0.15) is 0 Å². The third-order valence-electron chi connectivity index (χ3n) is 7.39. The maximum atomic E-state index is 2.45. The number of hydrogen-bond acceptors (Lipinski definition) is 0. The monoisotopic (exact) mass is 382 g/mol. The first-order chi connectivity index (χ1) is 14.6. The molecule has 0 radical (unpaired) electrons. The molecule has 2 aliphatic rings. The molecule has 0 atom stereocenters. The summed E-state index contributed by atoms with van der Waals surface area (Å²) in [5.41, 5.74) is 8.52. The fourth-order valence-corrected chi connectivity index (χ4v) is 6.11. The van der Waals surface area contributed by atoms with Gasteiger partial charge in [0.15, 0.2) is 0 Å². The van der Waals surface area contributed by atoms with Gasteiger partial charge in [0, 0.05) is 5.41 Å². The molecule has 0 spiro atoms. The molecule has 0 saturated carbocycles. The van der Waals surface area contributed by atoms with Gasteiger partial charge in [0.05, 0.1) is 0 Å². The largest absolute Gasteiger partial charge is 0.0795 e. The summed E-state index contributed by atoms with van der Waals surface area (Å²) in [6.07, 6.45) is 5.74. The Morgan fingerprint density at radius 3 is 2.43 bits per heavy atom. The number of fused-ring (bicyclic) bond motifs is 5. The smallest absolute Gasteiger partial charge is 0.0165 e. The first kappa shape index (κ1) is 16.4. The van der Waals surface area contributed by atoms with Crippen LogP contribution >= 0.6 is 0 Å². The van der Waals surface area contributed by atoms with E-state index in [1.165, 1.54) is 65.7 Å². The number of rotatable bonds is 0. The first-order valence-electron chi connectivity index (χ1n) is 10.9. The average molecular weight is 383 g/mol. The minimum absolute atomic E-state index is 0.0652. The van der Waals surface area contributed by atoms with E-state index in [4.69, 9.17) is 0 Å². The van der Waals surface area contributed by atoms with Gasteiger partial charge in [0.25, 0.3) is 0 Å². The Balaban J connectivity index is 1.75. The van der Waals surface area contributed by atoms with Crippen LogP contribution in [-0.4, -0.2) is 0 Å². The Labute approximate surface area is 176 Å². The van der Waals surface area contributed by atoms with E-state index in [1.54, 1.807) is 0 Å². The highest BCUT2D eigenvalue weighted by molar-refractivity contribution is 6.17. The fraction of sp³-hybridized carbons (Fsp3) is 0.133. The van der Waals surface area contributed by atoms with Crippen molar-refractivity contribution in [2.45, 2.75) is 25.7 Å². The Bertz CT molecular complexity index is 1580. The summed E-state index contributed by atoms with van der Waals surface area (Å²) in [5.74, 6) is 0. The van der Waals surface area contributed by atoms with E-state index in [2.05, 4.69) is 98.8 Å². The second kappa shape index (κ2) is 5.40. The number of allylic oxidation sites excluding steroid dienone is 1. The molecule has 0 N–H and O–H groups in total. The van der Waals surface area contributed by atoms with Gasteiger partial charge < -0.3 is 0 Å². The third kappa shape index (κ3) is 1.87. The summed E-state index contributed by atoms with van der Waals surface area (Å²) in [4.78, 5) is 0. The van der Waals surface area contributed by atoms with Crippen LogP contribution in [0, 0.1) is 0 Å². The van der Waals surface area contributed by atoms with E-state index in [0.29, 0.717) is 0 Å². The molecule has 0 heteroatoms. The Morgan fingerprint density at radius 2 is 1.50 bits per heavy atom. The summed E-state index contributed by atoms with van der Waals surface area (Å²) < 4.78 is 0. The van der Waals surface area contributed by atoms with Crippen molar-refractivity contribution in [2.24, 2.45) is 0 Å². The molecule has 0 amide bonds. The maximum absolute atomic E-state index is 2.45.